The van der Waals surface area contributed by atoms with Crippen LogP contribution in [0.5, 0.6) is 0 Å². The second-order valence-electron chi connectivity index (χ2n) is 11.1. The van der Waals surface area contributed by atoms with Crippen LogP contribution < -0.4 is 15.9 Å². The Balaban J connectivity index is 1.44. The van der Waals surface area contributed by atoms with Gasteiger partial charge in [-0.3, -0.25) is 14.3 Å². The molecule has 1 N–H and O–H groups in total. The van der Waals surface area contributed by atoms with Gasteiger partial charge in [-0.15, -0.1) is 0 Å². The second kappa shape index (κ2) is 11.4. The van der Waals surface area contributed by atoms with Crippen LogP contribution in [0.2, 0.25) is 5.04 Å². The molecular formula is C29H34BrN6O3Si. The number of ether oxygens (including phenoxy) is 1. The first-order valence-electron chi connectivity index (χ1n) is 13.2. The molecule has 0 saturated carbocycles. The summed E-state index contributed by atoms with van der Waals surface area (Å²) in [6.07, 6.45) is 4.44. The summed E-state index contributed by atoms with van der Waals surface area (Å²) in [5.41, 5.74) is 0.290. The Kier molecular flexibility index (Phi) is 8.09. The van der Waals surface area contributed by atoms with E-state index in [1.165, 1.54) is 10.4 Å². The van der Waals surface area contributed by atoms with Crippen LogP contribution in [0.25, 0.3) is 11.2 Å². The molecule has 5 rings (SSSR count). The number of hydrogen-bond acceptors (Lipinski definition) is 6. The van der Waals surface area contributed by atoms with Crippen LogP contribution in [0.3, 0.4) is 0 Å². The monoisotopic (exact) mass is 621 g/mol. The third kappa shape index (κ3) is 5.43. The fraction of sp³-hybridized carbons (Fsp3) is 0.345. The zero-order valence-electron chi connectivity index (χ0n) is 23.3. The van der Waals surface area contributed by atoms with Gasteiger partial charge in [0.05, 0.1) is 30.2 Å². The summed E-state index contributed by atoms with van der Waals surface area (Å²) in [5, 5.41) is 2.29. The number of aromatic amines is 1. The third-order valence-electron chi connectivity index (χ3n) is 7.00. The molecule has 1 fully saturated rings. The molecule has 0 aliphatic carbocycles. The first kappa shape index (κ1) is 28.4. The molecule has 2 aromatic heterocycles. The van der Waals surface area contributed by atoms with Crippen molar-refractivity contribution in [3.8, 4) is 0 Å². The molecule has 3 atom stereocenters. The molecule has 0 amide bonds. The summed E-state index contributed by atoms with van der Waals surface area (Å²) >= 11 is 3.80. The zero-order chi connectivity index (χ0) is 28.5. The molecule has 1 aliphatic heterocycles. The topological polar surface area (TPSA) is 97.6 Å². The van der Waals surface area contributed by atoms with Crippen LogP contribution >= 0.6 is 15.9 Å². The number of halogens is 1. The molecule has 40 heavy (non-hydrogen) atoms. The maximum atomic E-state index is 12.6. The molecule has 3 heterocycles. The lowest BCUT2D eigenvalue weighted by Gasteiger charge is -2.43. The van der Waals surface area contributed by atoms with Gasteiger partial charge >= 0.3 is 0 Å². The molecule has 2 aromatic carbocycles. The average Bonchev–Trinajstić information content (AvgIpc) is 3.52. The van der Waals surface area contributed by atoms with Gasteiger partial charge in [0.15, 0.2) is 11.2 Å². The highest BCUT2D eigenvalue weighted by atomic mass is 79.9. The summed E-state index contributed by atoms with van der Waals surface area (Å²) < 4.78 is 15.4. The van der Waals surface area contributed by atoms with E-state index in [9.17, 15) is 4.79 Å². The number of benzene rings is 2. The van der Waals surface area contributed by atoms with Crippen LogP contribution in [-0.4, -0.2) is 70.7 Å². The lowest BCUT2D eigenvalue weighted by Crippen LogP contribution is -2.67. The Bertz CT molecular complexity index is 1490. The minimum Gasteiger partial charge on any atom is -0.405 e. The van der Waals surface area contributed by atoms with Crippen molar-refractivity contribution < 1.29 is 9.16 Å². The van der Waals surface area contributed by atoms with E-state index in [2.05, 4.69) is 105 Å². The van der Waals surface area contributed by atoms with Crippen molar-refractivity contribution in [3.05, 3.63) is 83.8 Å². The number of hydrogen-bond donors (Lipinski definition) is 1. The normalized spacial score (nSPS) is 20.0. The number of imidazole rings is 1. The predicted molar refractivity (Wildman–Crippen MR) is 164 cm³/mol. The van der Waals surface area contributed by atoms with Crippen LogP contribution in [0.1, 0.15) is 27.0 Å². The van der Waals surface area contributed by atoms with Crippen LogP contribution in [0.15, 0.2) is 76.8 Å². The van der Waals surface area contributed by atoms with Gasteiger partial charge < -0.3 is 14.1 Å². The van der Waals surface area contributed by atoms with Crippen molar-refractivity contribution in [3.63, 3.8) is 0 Å². The fourth-order valence-electron chi connectivity index (χ4n) is 5.17. The molecule has 4 aromatic rings. The largest absolute Gasteiger partial charge is 0.405 e. The van der Waals surface area contributed by atoms with Crippen molar-refractivity contribution in [2.75, 3.05) is 20.7 Å². The molecule has 0 unspecified atom stereocenters. The molecule has 11 heteroatoms. The van der Waals surface area contributed by atoms with E-state index >= 15 is 0 Å². The maximum absolute atomic E-state index is 12.6. The minimum atomic E-state index is -2.72. The molecule has 9 nitrogen and oxygen atoms in total. The summed E-state index contributed by atoms with van der Waals surface area (Å²) in [7, 11) is 0.965. The summed E-state index contributed by atoms with van der Waals surface area (Å²) in [4.78, 5) is 30.1. The highest BCUT2D eigenvalue weighted by Crippen LogP contribution is 2.39. The Morgan fingerprint density at radius 3 is 2.33 bits per heavy atom. The Hall–Kier alpha value is -3.12. The third-order valence-corrected chi connectivity index (χ3v) is 12.9. The predicted octanol–water partition coefficient (Wildman–Crippen LogP) is 3.78. The van der Waals surface area contributed by atoms with E-state index in [0.29, 0.717) is 12.3 Å². The van der Waals surface area contributed by atoms with Crippen LogP contribution in [-0.2, 0) is 9.16 Å². The number of fused-ring (bicyclic) bond motifs is 1. The Morgan fingerprint density at radius 2 is 1.75 bits per heavy atom. The van der Waals surface area contributed by atoms with Gasteiger partial charge in [-0.2, -0.15) is 4.98 Å². The Morgan fingerprint density at radius 1 is 1.12 bits per heavy atom. The summed E-state index contributed by atoms with van der Waals surface area (Å²) in [5.74, 6) is 0.202. The number of aliphatic imine (C=N–C) groups is 1. The average molecular weight is 623 g/mol. The van der Waals surface area contributed by atoms with Crippen molar-refractivity contribution in [1.82, 2.24) is 24.4 Å². The number of H-pyrrole nitrogens is 1. The van der Waals surface area contributed by atoms with Crippen molar-refractivity contribution in [2.24, 2.45) is 4.99 Å². The Labute approximate surface area is 243 Å². The van der Waals surface area contributed by atoms with Gasteiger partial charge in [-0.1, -0.05) is 97.4 Å². The van der Waals surface area contributed by atoms with E-state index in [4.69, 9.17) is 9.16 Å². The smallest absolute Gasteiger partial charge is 0.280 e. The quantitative estimate of drug-likeness (QED) is 0.139. The lowest BCUT2D eigenvalue weighted by atomic mass is 10.2. The standard InChI is InChI=1S/C29H34BrN6O3Si/c1-29(2,3)40(20-12-8-6-9-13-20,21-14-10-7-11-15-21)38-17-23-22(30)16-24(39-23)36-19-31-25-26(36)33-28(34-27(25)37)32-18-35(4)5/h6-16,18-19,22-24H,17H2,1-5H3,(H,33,34,37)/b32-18+/t22-,23+,24+/m0/s1. The summed E-state index contributed by atoms with van der Waals surface area (Å²) in [6, 6.07) is 21.1. The minimum absolute atomic E-state index is 0.0820. The molecule has 1 saturated heterocycles. The molecule has 0 spiro atoms. The van der Waals surface area contributed by atoms with Crippen LogP contribution in [0, 0.1) is 6.42 Å². The van der Waals surface area contributed by atoms with Crippen molar-refractivity contribution in [2.45, 2.75) is 43.0 Å². The molecule has 1 aliphatic rings. The first-order valence-corrected chi connectivity index (χ1v) is 16.0. The molecule has 1 radical (unpaired) electrons. The molecular weight excluding hydrogens is 588 g/mol. The van der Waals surface area contributed by atoms with Gasteiger partial charge in [-0.25, -0.2) is 9.98 Å². The van der Waals surface area contributed by atoms with Crippen molar-refractivity contribution >= 4 is 58.1 Å². The van der Waals surface area contributed by atoms with Crippen LogP contribution in [0.4, 0.5) is 5.95 Å². The lowest BCUT2D eigenvalue weighted by molar-refractivity contribution is -0.00894. The van der Waals surface area contributed by atoms with E-state index in [1.54, 1.807) is 22.1 Å². The molecule has 0 bridgehead atoms. The number of rotatable bonds is 8. The van der Waals surface area contributed by atoms with E-state index < -0.39 is 14.5 Å². The van der Waals surface area contributed by atoms with Gasteiger partial charge in [0.1, 0.15) is 6.23 Å². The summed E-state index contributed by atoms with van der Waals surface area (Å²) in [6.45, 7) is 7.15. The highest BCUT2D eigenvalue weighted by molar-refractivity contribution is 9.09. The van der Waals surface area contributed by atoms with Gasteiger partial charge in [0.25, 0.3) is 13.9 Å². The number of alkyl halides is 1. The molecule has 209 valence electrons. The number of aromatic nitrogens is 4. The zero-order valence-corrected chi connectivity index (χ0v) is 25.9. The second-order valence-corrected chi connectivity index (χ2v) is 16.5. The fourth-order valence-corrected chi connectivity index (χ4v) is 10.3. The van der Waals surface area contributed by atoms with Gasteiger partial charge in [0, 0.05) is 20.5 Å². The SMILES string of the molecule is CN(C)/C=N/c1nc2c(ncn2[C@H]2[CH][C@H](Br)[C@@H](CO[Si](c3ccccc3)(c3ccccc3)C(C)(C)C)O2)c(=O)[nH]1. The van der Waals surface area contributed by atoms with Crippen molar-refractivity contribution in [1.29, 1.82) is 0 Å². The number of nitrogens with one attached hydrogen (secondary N) is 1. The van der Waals surface area contributed by atoms with Gasteiger partial charge in [0.2, 0.25) is 5.95 Å². The van der Waals surface area contributed by atoms with E-state index in [-0.39, 0.29) is 33.0 Å². The maximum Gasteiger partial charge on any atom is 0.280 e. The highest BCUT2D eigenvalue weighted by Gasteiger charge is 2.51. The first-order chi connectivity index (χ1) is 19.1. The van der Waals surface area contributed by atoms with E-state index in [0.717, 1.165) is 0 Å². The number of nitrogens with zero attached hydrogens (tertiary/aromatic N) is 5. The van der Waals surface area contributed by atoms with Gasteiger partial charge in [-0.05, 0) is 15.4 Å². The van der Waals surface area contributed by atoms with E-state index in [1.807, 2.05) is 32.6 Å².